The average molecular weight is 361 g/mol. The fourth-order valence-electron chi connectivity index (χ4n) is 3.28. The number of carbonyl (C=O) groups is 2. The molecule has 26 heavy (non-hydrogen) atoms. The first kappa shape index (κ1) is 20.2. The van der Waals surface area contributed by atoms with Crippen molar-refractivity contribution in [2.24, 2.45) is 5.73 Å². The molecule has 2 amide bonds. The van der Waals surface area contributed by atoms with Gasteiger partial charge in [0.05, 0.1) is 12.1 Å². The quantitative estimate of drug-likeness (QED) is 0.845. The third kappa shape index (κ3) is 5.46. The summed E-state index contributed by atoms with van der Waals surface area (Å²) in [4.78, 5) is 28.6. The third-order valence-electron chi connectivity index (χ3n) is 4.77. The predicted molar refractivity (Wildman–Crippen MR) is 101 cm³/mol. The summed E-state index contributed by atoms with van der Waals surface area (Å²) >= 11 is 0. The Balaban J connectivity index is 2.01. The van der Waals surface area contributed by atoms with Crippen molar-refractivity contribution in [3.63, 3.8) is 0 Å². The number of nitrogens with zero attached hydrogens (tertiary/aromatic N) is 2. The first-order valence-electron chi connectivity index (χ1n) is 9.43. The Hall–Kier alpha value is -2.08. The van der Waals surface area contributed by atoms with E-state index in [1.807, 2.05) is 44.2 Å². The summed E-state index contributed by atoms with van der Waals surface area (Å²) in [6.45, 7) is 7.07. The zero-order valence-electron chi connectivity index (χ0n) is 16.1. The normalized spacial score (nSPS) is 18.5. The number of hydrogen-bond acceptors (Lipinski definition) is 4. The molecule has 144 valence electrons. The molecular formula is C20H31N3O3. The molecule has 1 aromatic rings. The van der Waals surface area contributed by atoms with E-state index < -0.39 is 6.04 Å². The smallest absolute Gasteiger partial charge is 0.410 e. The van der Waals surface area contributed by atoms with Crippen molar-refractivity contribution >= 4 is 12.0 Å². The molecule has 1 aromatic carbocycles. The van der Waals surface area contributed by atoms with Crippen LogP contribution in [0.25, 0.3) is 0 Å². The number of hydrogen-bond donors (Lipinski definition) is 1. The summed E-state index contributed by atoms with van der Waals surface area (Å²) in [7, 11) is 0. The van der Waals surface area contributed by atoms with Gasteiger partial charge in [-0.05, 0) is 45.6 Å². The van der Waals surface area contributed by atoms with Gasteiger partial charge < -0.3 is 20.3 Å². The van der Waals surface area contributed by atoms with E-state index in [1.165, 1.54) is 0 Å². The van der Waals surface area contributed by atoms with Gasteiger partial charge in [-0.1, -0.05) is 30.3 Å². The Labute approximate surface area is 156 Å². The molecule has 0 bridgehead atoms. The minimum atomic E-state index is -0.542. The maximum atomic E-state index is 12.6. The van der Waals surface area contributed by atoms with Gasteiger partial charge in [-0.25, -0.2) is 4.79 Å². The van der Waals surface area contributed by atoms with Gasteiger partial charge in [0.1, 0.15) is 6.61 Å². The molecule has 1 fully saturated rings. The topological polar surface area (TPSA) is 75.9 Å². The highest BCUT2D eigenvalue weighted by molar-refractivity contribution is 5.81. The number of benzene rings is 1. The second-order valence-corrected chi connectivity index (χ2v) is 7.26. The second kappa shape index (κ2) is 9.57. The Morgan fingerprint density at radius 2 is 1.92 bits per heavy atom. The molecule has 0 aromatic heterocycles. The number of nitrogens with two attached hydrogens (primary N) is 1. The SMILES string of the molecule is CC(N)C(=O)N(CC1CCCCN1C(=O)OCc1ccccc1)C(C)C. The van der Waals surface area contributed by atoms with Gasteiger partial charge in [0.25, 0.3) is 0 Å². The maximum Gasteiger partial charge on any atom is 0.410 e. The average Bonchev–Trinajstić information content (AvgIpc) is 2.64. The molecular weight excluding hydrogens is 330 g/mol. The molecule has 1 heterocycles. The molecule has 2 N–H and O–H groups in total. The number of amides is 2. The lowest BCUT2D eigenvalue weighted by Crippen LogP contribution is -2.54. The highest BCUT2D eigenvalue weighted by atomic mass is 16.6. The van der Waals surface area contributed by atoms with Crippen molar-refractivity contribution in [3.05, 3.63) is 35.9 Å². The minimum Gasteiger partial charge on any atom is -0.445 e. The highest BCUT2D eigenvalue weighted by Crippen LogP contribution is 2.21. The van der Waals surface area contributed by atoms with E-state index in [-0.39, 0.29) is 30.7 Å². The van der Waals surface area contributed by atoms with Gasteiger partial charge in [-0.15, -0.1) is 0 Å². The second-order valence-electron chi connectivity index (χ2n) is 7.26. The monoisotopic (exact) mass is 361 g/mol. The number of piperidine rings is 1. The molecule has 6 nitrogen and oxygen atoms in total. The summed E-state index contributed by atoms with van der Waals surface area (Å²) < 4.78 is 5.51. The summed E-state index contributed by atoms with van der Waals surface area (Å²) in [6.07, 6.45) is 2.57. The first-order chi connectivity index (χ1) is 12.4. The van der Waals surface area contributed by atoms with Gasteiger partial charge in [0.2, 0.25) is 5.91 Å². The highest BCUT2D eigenvalue weighted by Gasteiger charge is 2.32. The van der Waals surface area contributed by atoms with Crippen LogP contribution in [-0.2, 0) is 16.1 Å². The van der Waals surface area contributed by atoms with Crippen LogP contribution < -0.4 is 5.73 Å². The van der Waals surface area contributed by atoms with E-state index >= 15 is 0 Å². The van der Waals surface area contributed by atoms with E-state index in [0.29, 0.717) is 13.1 Å². The van der Waals surface area contributed by atoms with Crippen LogP contribution in [0, 0.1) is 0 Å². The van der Waals surface area contributed by atoms with Crippen LogP contribution in [0.2, 0.25) is 0 Å². The van der Waals surface area contributed by atoms with Crippen LogP contribution >= 0.6 is 0 Å². The van der Waals surface area contributed by atoms with Crippen molar-refractivity contribution in [3.8, 4) is 0 Å². The van der Waals surface area contributed by atoms with Gasteiger partial charge in [-0.3, -0.25) is 4.79 Å². The number of likely N-dealkylation sites (tertiary alicyclic amines) is 1. The van der Waals surface area contributed by atoms with Crippen molar-refractivity contribution in [2.75, 3.05) is 13.1 Å². The standard InChI is InChI=1S/C20H31N3O3/c1-15(2)23(19(24)16(3)21)13-18-11-7-8-12-22(18)20(25)26-14-17-9-5-4-6-10-17/h4-6,9-10,15-16,18H,7-8,11-14,21H2,1-3H3. The van der Waals surface area contributed by atoms with E-state index in [1.54, 1.807) is 16.7 Å². The summed E-state index contributed by atoms with van der Waals surface area (Å²) in [5.74, 6) is -0.0804. The first-order valence-corrected chi connectivity index (χ1v) is 9.43. The van der Waals surface area contributed by atoms with Crippen molar-refractivity contribution in [1.82, 2.24) is 9.80 Å². The number of ether oxygens (including phenoxy) is 1. The van der Waals surface area contributed by atoms with E-state index in [2.05, 4.69) is 0 Å². The molecule has 0 saturated carbocycles. The van der Waals surface area contributed by atoms with Crippen LogP contribution in [-0.4, -0.2) is 53.0 Å². The van der Waals surface area contributed by atoms with Gasteiger partial charge in [-0.2, -0.15) is 0 Å². The summed E-state index contributed by atoms with van der Waals surface area (Å²) in [6, 6.07) is 9.11. The third-order valence-corrected chi connectivity index (χ3v) is 4.77. The van der Waals surface area contributed by atoms with Crippen molar-refractivity contribution in [1.29, 1.82) is 0 Å². The van der Waals surface area contributed by atoms with E-state index in [4.69, 9.17) is 10.5 Å². The van der Waals surface area contributed by atoms with Crippen molar-refractivity contribution in [2.45, 2.75) is 64.8 Å². The lowest BCUT2D eigenvalue weighted by atomic mass is 10.0. The Bertz CT molecular complexity index is 589. The fourth-order valence-corrected chi connectivity index (χ4v) is 3.28. The Morgan fingerprint density at radius 1 is 1.23 bits per heavy atom. The van der Waals surface area contributed by atoms with E-state index in [0.717, 1.165) is 24.8 Å². The molecule has 0 radical (unpaired) electrons. The summed E-state index contributed by atoms with van der Waals surface area (Å²) in [5, 5.41) is 0. The molecule has 0 spiro atoms. The van der Waals surface area contributed by atoms with E-state index in [9.17, 15) is 9.59 Å². The Kier molecular flexibility index (Phi) is 7.45. The number of carbonyl (C=O) groups excluding carboxylic acids is 2. The lowest BCUT2D eigenvalue weighted by Gasteiger charge is -2.39. The predicted octanol–water partition coefficient (Wildman–Crippen LogP) is 2.76. The van der Waals surface area contributed by atoms with Crippen LogP contribution in [0.3, 0.4) is 0 Å². The van der Waals surface area contributed by atoms with Gasteiger partial charge in [0.15, 0.2) is 0 Å². The molecule has 0 aliphatic carbocycles. The van der Waals surface area contributed by atoms with Crippen molar-refractivity contribution < 1.29 is 14.3 Å². The molecule has 1 aliphatic heterocycles. The largest absolute Gasteiger partial charge is 0.445 e. The van der Waals surface area contributed by atoms with Gasteiger partial charge in [0, 0.05) is 19.1 Å². The molecule has 2 rings (SSSR count). The van der Waals surface area contributed by atoms with Crippen LogP contribution in [0.4, 0.5) is 4.79 Å². The van der Waals surface area contributed by atoms with Crippen LogP contribution in [0.1, 0.15) is 45.6 Å². The fraction of sp³-hybridized carbons (Fsp3) is 0.600. The molecule has 6 heteroatoms. The van der Waals surface area contributed by atoms with Crippen LogP contribution in [0.5, 0.6) is 0 Å². The van der Waals surface area contributed by atoms with Crippen LogP contribution in [0.15, 0.2) is 30.3 Å². The molecule has 1 aliphatic rings. The zero-order valence-corrected chi connectivity index (χ0v) is 16.1. The molecule has 1 saturated heterocycles. The number of rotatable bonds is 6. The Morgan fingerprint density at radius 3 is 2.54 bits per heavy atom. The zero-order chi connectivity index (χ0) is 19.1. The summed E-state index contributed by atoms with van der Waals surface area (Å²) in [5.41, 5.74) is 6.75. The minimum absolute atomic E-state index is 0.0304. The molecule has 2 atom stereocenters. The lowest BCUT2D eigenvalue weighted by molar-refractivity contribution is -0.135. The maximum absolute atomic E-state index is 12.6. The molecule has 2 unspecified atom stereocenters. The van der Waals surface area contributed by atoms with Gasteiger partial charge >= 0.3 is 6.09 Å².